The van der Waals surface area contributed by atoms with Gasteiger partial charge in [-0.25, -0.2) is 0 Å². The summed E-state index contributed by atoms with van der Waals surface area (Å²) in [7, 11) is 4.23. The van der Waals surface area contributed by atoms with Gasteiger partial charge >= 0.3 is 0 Å². The zero-order valence-corrected chi connectivity index (χ0v) is 19.0. The lowest BCUT2D eigenvalue weighted by atomic mass is 10.1. The molecule has 2 saturated heterocycles. The van der Waals surface area contributed by atoms with Gasteiger partial charge in [0.2, 0.25) is 11.5 Å². The molecule has 2 fully saturated rings. The number of Topliss-reactive ketones (excluding diaryl/α,β-unsaturated/α-hetero) is 1. The number of carbonyl (C=O) groups is 1. The van der Waals surface area contributed by atoms with E-state index in [1.165, 1.54) is 13.1 Å². The molecule has 1 aromatic heterocycles. The molecule has 2 aliphatic rings. The molecule has 164 valence electrons. The summed E-state index contributed by atoms with van der Waals surface area (Å²) in [6, 6.07) is 6.76. The number of rotatable bonds is 4. The van der Waals surface area contributed by atoms with Gasteiger partial charge in [0.1, 0.15) is 5.69 Å². The second kappa shape index (κ2) is 11.2. The average Bonchev–Trinajstić information content (AvgIpc) is 3.21. The summed E-state index contributed by atoms with van der Waals surface area (Å²) in [5, 5.41) is 8.25. The number of benzene rings is 1. The van der Waals surface area contributed by atoms with Gasteiger partial charge in [0.15, 0.2) is 0 Å². The third kappa shape index (κ3) is 6.77. The van der Waals surface area contributed by atoms with E-state index in [0.717, 1.165) is 39.3 Å². The molecule has 0 aliphatic carbocycles. The highest BCUT2D eigenvalue weighted by Crippen LogP contribution is 2.30. The minimum Gasteiger partial charge on any atom is -0.352 e. The summed E-state index contributed by atoms with van der Waals surface area (Å²) in [6.45, 7) is 8.78. The maximum absolute atomic E-state index is 12.3. The van der Waals surface area contributed by atoms with Gasteiger partial charge in [-0.15, -0.1) is 0 Å². The fourth-order valence-electron chi connectivity index (χ4n) is 3.29. The molecular weight excluding hydrogens is 425 g/mol. The minimum atomic E-state index is -0.0709. The molecule has 0 atom stereocenters. The summed E-state index contributed by atoms with van der Waals surface area (Å²) in [5.74, 6) is 0.184. The minimum absolute atomic E-state index is 0.0709. The quantitative estimate of drug-likeness (QED) is 0.713. The average molecular weight is 454 g/mol. The Morgan fingerprint density at radius 3 is 2.30 bits per heavy atom. The van der Waals surface area contributed by atoms with Crippen LogP contribution in [0.2, 0.25) is 10.0 Å². The lowest BCUT2D eigenvalue weighted by Crippen LogP contribution is -2.46. The predicted molar refractivity (Wildman–Crippen MR) is 121 cm³/mol. The standard InChI is InChI=1S/C16H17Cl2N3O2.C5H12N2/c1-20-4-6-21(7-5-20)10-15(22)16-9-14(19-23-16)12-3-2-11(17)8-13(12)18;1-7-4-2-6-3-5-7/h2-3,8-9H,4-7,10H2,1H3;6H,2-5H2,1H3. The van der Waals surface area contributed by atoms with Crippen LogP contribution in [-0.4, -0.2) is 98.6 Å². The van der Waals surface area contributed by atoms with Gasteiger partial charge < -0.3 is 19.6 Å². The predicted octanol–water partition coefficient (Wildman–Crippen LogP) is 2.60. The van der Waals surface area contributed by atoms with Crippen molar-refractivity contribution in [3.05, 3.63) is 40.1 Å². The van der Waals surface area contributed by atoms with E-state index in [0.29, 0.717) is 27.8 Å². The van der Waals surface area contributed by atoms with E-state index < -0.39 is 0 Å². The number of halogens is 2. The molecule has 0 bridgehead atoms. The Balaban J connectivity index is 0.000000310. The third-order valence-corrected chi connectivity index (χ3v) is 5.84. The van der Waals surface area contributed by atoms with Gasteiger partial charge in [0.05, 0.1) is 11.6 Å². The van der Waals surface area contributed by atoms with Crippen molar-refractivity contribution < 1.29 is 9.32 Å². The van der Waals surface area contributed by atoms with Crippen molar-refractivity contribution in [2.45, 2.75) is 0 Å². The molecule has 3 heterocycles. The van der Waals surface area contributed by atoms with Gasteiger partial charge in [-0.05, 0) is 32.3 Å². The number of nitrogens with one attached hydrogen (secondary N) is 1. The summed E-state index contributed by atoms with van der Waals surface area (Å²) < 4.78 is 5.20. The van der Waals surface area contributed by atoms with Gasteiger partial charge in [0, 0.05) is 69.0 Å². The van der Waals surface area contributed by atoms with Gasteiger partial charge in [-0.1, -0.05) is 28.4 Å². The number of hydrogen-bond donors (Lipinski definition) is 1. The first-order chi connectivity index (χ1) is 14.4. The summed E-state index contributed by atoms with van der Waals surface area (Å²) in [4.78, 5) is 19.0. The second-order valence-electron chi connectivity index (χ2n) is 7.76. The van der Waals surface area contributed by atoms with E-state index >= 15 is 0 Å². The Kier molecular flexibility index (Phi) is 8.68. The fraction of sp³-hybridized carbons (Fsp3) is 0.524. The Labute approximate surface area is 187 Å². The molecule has 4 rings (SSSR count). The number of likely N-dealkylation sites (N-methyl/N-ethyl adjacent to an activating group) is 2. The van der Waals surface area contributed by atoms with Gasteiger partial charge in [0.25, 0.3) is 0 Å². The number of carbonyl (C=O) groups excluding carboxylic acids is 1. The molecule has 0 saturated carbocycles. The number of aromatic nitrogens is 1. The van der Waals surface area contributed by atoms with E-state index in [1.54, 1.807) is 24.3 Å². The van der Waals surface area contributed by atoms with Crippen molar-refractivity contribution in [3.8, 4) is 11.3 Å². The maximum Gasteiger partial charge on any atom is 0.214 e. The molecule has 2 aliphatic heterocycles. The Morgan fingerprint density at radius 2 is 1.70 bits per heavy atom. The van der Waals surface area contributed by atoms with Crippen LogP contribution in [0.25, 0.3) is 11.3 Å². The molecule has 0 amide bonds. The molecule has 2 aromatic rings. The Morgan fingerprint density at radius 1 is 1.03 bits per heavy atom. The zero-order valence-electron chi connectivity index (χ0n) is 17.5. The first-order valence-corrected chi connectivity index (χ1v) is 10.9. The van der Waals surface area contributed by atoms with Crippen LogP contribution in [0.3, 0.4) is 0 Å². The molecule has 30 heavy (non-hydrogen) atoms. The monoisotopic (exact) mass is 453 g/mol. The smallest absolute Gasteiger partial charge is 0.214 e. The van der Waals surface area contributed by atoms with Crippen LogP contribution in [0.15, 0.2) is 28.8 Å². The van der Waals surface area contributed by atoms with Crippen LogP contribution >= 0.6 is 23.2 Å². The van der Waals surface area contributed by atoms with E-state index in [-0.39, 0.29) is 11.5 Å². The van der Waals surface area contributed by atoms with Gasteiger partial charge in [-0.3, -0.25) is 9.69 Å². The normalized spacial score (nSPS) is 18.7. The highest BCUT2D eigenvalue weighted by Gasteiger charge is 2.21. The van der Waals surface area contributed by atoms with Crippen molar-refractivity contribution >= 4 is 29.0 Å². The van der Waals surface area contributed by atoms with E-state index in [9.17, 15) is 4.79 Å². The molecule has 7 nitrogen and oxygen atoms in total. The van der Waals surface area contributed by atoms with E-state index in [2.05, 4.69) is 39.3 Å². The largest absolute Gasteiger partial charge is 0.352 e. The highest BCUT2D eigenvalue weighted by molar-refractivity contribution is 6.36. The van der Waals surface area contributed by atoms with Crippen molar-refractivity contribution in [2.75, 3.05) is 73.0 Å². The van der Waals surface area contributed by atoms with Crippen molar-refractivity contribution in [1.82, 2.24) is 25.2 Å². The van der Waals surface area contributed by atoms with Gasteiger partial charge in [-0.2, -0.15) is 0 Å². The highest BCUT2D eigenvalue weighted by atomic mass is 35.5. The Hall–Kier alpha value is -1.48. The lowest BCUT2D eigenvalue weighted by Gasteiger charge is -2.31. The molecule has 0 unspecified atom stereocenters. The topological polar surface area (TPSA) is 64.8 Å². The summed E-state index contributed by atoms with van der Waals surface area (Å²) in [6.07, 6.45) is 0. The molecular formula is C21H29Cl2N5O2. The number of hydrogen-bond acceptors (Lipinski definition) is 7. The van der Waals surface area contributed by atoms with E-state index in [4.69, 9.17) is 27.7 Å². The molecule has 0 spiro atoms. The van der Waals surface area contributed by atoms with Crippen LogP contribution in [0.4, 0.5) is 0 Å². The zero-order chi connectivity index (χ0) is 21.5. The molecule has 1 aromatic carbocycles. The van der Waals surface area contributed by atoms with Crippen LogP contribution in [0.5, 0.6) is 0 Å². The van der Waals surface area contributed by atoms with Crippen molar-refractivity contribution in [2.24, 2.45) is 0 Å². The maximum atomic E-state index is 12.3. The third-order valence-electron chi connectivity index (χ3n) is 5.30. The van der Waals surface area contributed by atoms with Crippen LogP contribution < -0.4 is 5.32 Å². The number of piperazine rings is 2. The lowest BCUT2D eigenvalue weighted by molar-refractivity contribution is 0.0841. The van der Waals surface area contributed by atoms with Crippen LogP contribution in [0, 0.1) is 0 Å². The molecule has 0 radical (unpaired) electrons. The van der Waals surface area contributed by atoms with Crippen LogP contribution in [-0.2, 0) is 0 Å². The SMILES string of the molecule is CN1CCN(CC(=O)c2cc(-c3ccc(Cl)cc3Cl)no2)CC1.CN1CCNCC1. The number of ketones is 1. The fourth-order valence-corrected chi connectivity index (χ4v) is 3.80. The first-order valence-electron chi connectivity index (χ1n) is 10.2. The molecule has 1 N–H and O–H groups in total. The second-order valence-corrected chi connectivity index (χ2v) is 8.60. The summed E-state index contributed by atoms with van der Waals surface area (Å²) in [5.41, 5.74) is 1.23. The molecule has 9 heteroatoms. The first kappa shape index (κ1) is 23.2. The Bertz CT molecular complexity index is 831. The van der Waals surface area contributed by atoms with Crippen LogP contribution in [0.1, 0.15) is 10.6 Å². The van der Waals surface area contributed by atoms with Crippen molar-refractivity contribution in [1.29, 1.82) is 0 Å². The van der Waals surface area contributed by atoms with E-state index in [1.807, 2.05) is 0 Å². The number of nitrogens with zero attached hydrogens (tertiary/aromatic N) is 4. The summed E-state index contributed by atoms with van der Waals surface area (Å²) >= 11 is 12.0. The van der Waals surface area contributed by atoms with Crippen molar-refractivity contribution in [3.63, 3.8) is 0 Å².